The number of aryl methyl sites for hydroxylation is 1. The number of hydrogen-bond acceptors (Lipinski definition) is 3. The monoisotopic (exact) mass is 338 g/mol. The Labute approximate surface area is 126 Å². The predicted molar refractivity (Wildman–Crippen MR) is 85.4 cm³/mol. The van der Waals surface area contributed by atoms with Crippen molar-refractivity contribution >= 4 is 38.8 Å². The van der Waals surface area contributed by atoms with Crippen LogP contribution in [0.3, 0.4) is 0 Å². The third-order valence-corrected chi connectivity index (χ3v) is 3.76. The summed E-state index contributed by atoms with van der Waals surface area (Å²) in [6.07, 6.45) is 2.72. The molecule has 0 radical (unpaired) electrons. The van der Waals surface area contributed by atoms with Crippen molar-refractivity contribution in [1.29, 1.82) is 0 Å². The van der Waals surface area contributed by atoms with Gasteiger partial charge in [0.1, 0.15) is 4.99 Å². The quantitative estimate of drug-likeness (QED) is 0.822. The van der Waals surface area contributed by atoms with Crippen molar-refractivity contribution in [3.63, 3.8) is 0 Å². The average molecular weight is 339 g/mol. The van der Waals surface area contributed by atoms with Crippen molar-refractivity contribution in [2.45, 2.75) is 6.42 Å². The summed E-state index contributed by atoms with van der Waals surface area (Å²) in [4.78, 5) is 0.405. The number of thiocarbonyl (C=S) groups is 1. The summed E-state index contributed by atoms with van der Waals surface area (Å²) < 4.78 is 2.84. The topological polar surface area (TPSA) is 55.9 Å². The highest BCUT2D eigenvalue weighted by atomic mass is 79.9. The lowest BCUT2D eigenvalue weighted by Gasteiger charge is -2.10. The Morgan fingerprint density at radius 2 is 2.26 bits per heavy atom. The van der Waals surface area contributed by atoms with Gasteiger partial charge in [-0.15, -0.1) is 0 Å². The molecule has 0 amide bonds. The summed E-state index contributed by atoms with van der Waals surface area (Å²) in [6.45, 7) is 0.838. The van der Waals surface area contributed by atoms with Crippen LogP contribution in [0.2, 0.25) is 0 Å². The van der Waals surface area contributed by atoms with Gasteiger partial charge in [0.2, 0.25) is 0 Å². The fourth-order valence-corrected chi connectivity index (χ4v) is 2.43. The van der Waals surface area contributed by atoms with Gasteiger partial charge in [0.25, 0.3) is 0 Å². The normalized spacial score (nSPS) is 10.4. The first-order chi connectivity index (χ1) is 9.08. The molecule has 0 bridgehead atoms. The number of anilines is 1. The standard InChI is InChI=1S/C13H15BrN4S/c1-18-10(5-7-17-18)4-6-16-12-3-2-9(13(15)19)8-11(12)14/h2-3,5,7-8,16H,4,6H2,1H3,(H2,15,19). The van der Waals surface area contributed by atoms with E-state index in [0.29, 0.717) is 4.99 Å². The summed E-state index contributed by atoms with van der Waals surface area (Å²) in [5.74, 6) is 0. The molecule has 0 atom stereocenters. The van der Waals surface area contributed by atoms with Gasteiger partial charge >= 0.3 is 0 Å². The van der Waals surface area contributed by atoms with E-state index < -0.39 is 0 Å². The SMILES string of the molecule is Cn1nccc1CCNc1ccc(C(N)=S)cc1Br. The average Bonchev–Trinajstić information content (AvgIpc) is 2.77. The van der Waals surface area contributed by atoms with Gasteiger partial charge in [0, 0.05) is 47.6 Å². The minimum absolute atomic E-state index is 0.405. The minimum atomic E-state index is 0.405. The number of nitrogens with zero attached hydrogens (tertiary/aromatic N) is 2. The molecule has 0 unspecified atom stereocenters. The Morgan fingerprint density at radius 1 is 1.47 bits per heavy atom. The zero-order valence-electron chi connectivity index (χ0n) is 10.6. The van der Waals surface area contributed by atoms with E-state index in [1.54, 1.807) is 0 Å². The van der Waals surface area contributed by atoms with Crippen LogP contribution in [0.25, 0.3) is 0 Å². The van der Waals surface area contributed by atoms with E-state index in [1.807, 2.05) is 42.2 Å². The Balaban J connectivity index is 1.96. The number of nitrogens with one attached hydrogen (secondary N) is 1. The molecule has 1 aromatic carbocycles. The number of rotatable bonds is 5. The molecule has 2 aromatic rings. The van der Waals surface area contributed by atoms with E-state index in [9.17, 15) is 0 Å². The Kier molecular flexibility index (Phi) is 4.55. The van der Waals surface area contributed by atoms with Gasteiger partial charge in [-0.1, -0.05) is 12.2 Å². The van der Waals surface area contributed by atoms with E-state index in [2.05, 4.69) is 26.3 Å². The zero-order valence-corrected chi connectivity index (χ0v) is 13.0. The van der Waals surface area contributed by atoms with E-state index >= 15 is 0 Å². The molecule has 1 aromatic heterocycles. The van der Waals surface area contributed by atoms with Crippen LogP contribution in [0.5, 0.6) is 0 Å². The second-order valence-electron chi connectivity index (χ2n) is 4.18. The number of benzene rings is 1. The van der Waals surface area contributed by atoms with Gasteiger partial charge in [0.15, 0.2) is 0 Å². The van der Waals surface area contributed by atoms with Crippen molar-refractivity contribution in [2.24, 2.45) is 12.8 Å². The number of nitrogens with two attached hydrogens (primary N) is 1. The molecule has 4 nitrogen and oxygen atoms in total. The molecule has 19 heavy (non-hydrogen) atoms. The Bertz CT molecular complexity index is 594. The molecule has 0 fully saturated rings. The van der Waals surface area contributed by atoms with Crippen LogP contribution in [0.15, 0.2) is 34.9 Å². The second kappa shape index (κ2) is 6.16. The zero-order chi connectivity index (χ0) is 13.8. The molecule has 100 valence electrons. The molecule has 0 saturated heterocycles. The van der Waals surface area contributed by atoms with E-state index in [0.717, 1.165) is 28.7 Å². The maximum Gasteiger partial charge on any atom is 0.104 e. The van der Waals surface area contributed by atoms with Crippen molar-refractivity contribution < 1.29 is 0 Å². The van der Waals surface area contributed by atoms with E-state index in [4.69, 9.17) is 18.0 Å². The lowest BCUT2D eigenvalue weighted by molar-refractivity contribution is 0.711. The third kappa shape index (κ3) is 3.54. The van der Waals surface area contributed by atoms with Crippen LogP contribution in [0.1, 0.15) is 11.3 Å². The van der Waals surface area contributed by atoms with Crippen LogP contribution in [0, 0.1) is 0 Å². The number of aromatic nitrogens is 2. The number of halogens is 1. The first-order valence-electron chi connectivity index (χ1n) is 5.88. The van der Waals surface area contributed by atoms with Crippen molar-refractivity contribution in [1.82, 2.24) is 9.78 Å². The predicted octanol–water partition coefficient (Wildman–Crippen LogP) is 2.47. The van der Waals surface area contributed by atoms with Gasteiger partial charge in [-0.2, -0.15) is 5.10 Å². The van der Waals surface area contributed by atoms with Gasteiger partial charge in [-0.05, 0) is 40.2 Å². The van der Waals surface area contributed by atoms with Gasteiger partial charge in [-0.25, -0.2) is 0 Å². The van der Waals surface area contributed by atoms with E-state index in [-0.39, 0.29) is 0 Å². The van der Waals surface area contributed by atoms with E-state index in [1.165, 1.54) is 5.69 Å². The summed E-state index contributed by atoms with van der Waals surface area (Å²) in [6, 6.07) is 7.84. The van der Waals surface area contributed by atoms with Gasteiger partial charge in [0.05, 0.1) is 0 Å². The molecule has 2 rings (SSSR count). The molecular weight excluding hydrogens is 324 g/mol. The first-order valence-corrected chi connectivity index (χ1v) is 7.08. The van der Waals surface area contributed by atoms with Crippen LogP contribution in [-0.2, 0) is 13.5 Å². The second-order valence-corrected chi connectivity index (χ2v) is 5.48. The molecule has 0 aliphatic carbocycles. The summed E-state index contributed by atoms with van der Waals surface area (Å²) in [7, 11) is 1.95. The van der Waals surface area contributed by atoms with Crippen molar-refractivity contribution in [3.8, 4) is 0 Å². The molecule has 0 saturated carbocycles. The first kappa shape index (κ1) is 14.0. The van der Waals surface area contributed by atoms with Gasteiger partial charge in [-0.3, -0.25) is 4.68 Å². The molecular formula is C13H15BrN4S. The van der Waals surface area contributed by atoms with Crippen molar-refractivity contribution in [2.75, 3.05) is 11.9 Å². The fraction of sp³-hybridized carbons (Fsp3) is 0.231. The summed E-state index contributed by atoms with van der Waals surface area (Å²) in [5, 5.41) is 7.51. The molecule has 3 N–H and O–H groups in total. The largest absolute Gasteiger partial charge is 0.389 e. The van der Waals surface area contributed by atoms with Crippen LogP contribution in [-0.4, -0.2) is 21.3 Å². The van der Waals surface area contributed by atoms with Crippen molar-refractivity contribution in [3.05, 3.63) is 46.2 Å². The Hall–Kier alpha value is -1.40. The highest BCUT2D eigenvalue weighted by Gasteiger charge is 2.04. The molecule has 0 aliphatic rings. The van der Waals surface area contributed by atoms with Crippen LogP contribution < -0.4 is 11.1 Å². The Morgan fingerprint density at radius 3 is 2.84 bits per heavy atom. The summed E-state index contributed by atoms with van der Waals surface area (Å²) >= 11 is 8.46. The minimum Gasteiger partial charge on any atom is -0.389 e. The molecule has 0 aliphatic heterocycles. The molecule has 1 heterocycles. The maximum atomic E-state index is 5.59. The molecule has 0 spiro atoms. The fourth-order valence-electron chi connectivity index (χ4n) is 1.78. The smallest absolute Gasteiger partial charge is 0.104 e. The summed E-state index contributed by atoms with van der Waals surface area (Å²) in [5.41, 5.74) is 8.68. The number of hydrogen-bond donors (Lipinski definition) is 2. The highest BCUT2D eigenvalue weighted by Crippen LogP contribution is 2.23. The van der Waals surface area contributed by atoms with Gasteiger partial charge < -0.3 is 11.1 Å². The molecule has 6 heteroatoms. The van der Waals surface area contributed by atoms with Crippen LogP contribution >= 0.6 is 28.1 Å². The van der Waals surface area contributed by atoms with Crippen LogP contribution in [0.4, 0.5) is 5.69 Å². The third-order valence-electron chi connectivity index (χ3n) is 2.87. The highest BCUT2D eigenvalue weighted by molar-refractivity contribution is 9.10. The lowest BCUT2D eigenvalue weighted by Crippen LogP contribution is -2.11. The lowest BCUT2D eigenvalue weighted by atomic mass is 10.2. The maximum absolute atomic E-state index is 5.59.